The molecule has 3 amide bonds. The number of aliphatic hydroxyl groups excluding tert-OH is 1. The van der Waals surface area contributed by atoms with Crippen molar-refractivity contribution in [2.45, 2.75) is 79.0 Å². The van der Waals surface area contributed by atoms with E-state index in [2.05, 4.69) is 0 Å². The molecule has 0 fully saturated rings. The van der Waals surface area contributed by atoms with Crippen molar-refractivity contribution in [3.8, 4) is 0 Å². The van der Waals surface area contributed by atoms with E-state index in [4.69, 9.17) is 4.74 Å². The number of nitrogens with zero attached hydrogens (tertiary/aromatic N) is 3. The molecule has 3 aromatic rings. The van der Waals surface area contributed by atoms with Gasteiger partial charge in [-0.1, -0.05) is 97.9 Å². The Morgan fingerprint density at radius 1 is 0.655 bits per heavy atom. The Morgan fingerprint density at radius 3 is 1.74 bits per heavy atom. The summed E-state index contributed by atoms with van der Waals surface area (Å²) in [5.41, 5.74) is 2.32. The lowest BCUT2D eigenvalue weighted by atomic mass is 9.81. The summed E-state index contributed by atoms with van der Waals surface area (Å²) < 4.78 is 5.12. The van der Waals surface area contributed by atoms with Crippen molar-refractivity contribution in [1.29, 1.82) is 0 Å². The minimum atomic E-state index is -1.24. The molecule has 0 spiro atoms. The number of hydrogen-bond acceptors (Lipinski definition) is 9. The van der Waals surface area contributed by atoms with Gasteiger partial charge in [0.05, 0.1) is 37.8 Å². The van der Waals surface area contributed by atoms with E-state index in [-0.39, 0.29) is 63.0 Å². The summed E-state index contributed by atoms with van der Waals surface area (Å²) in [5, 5.41) is 10.8. The lowest BCUT2D eigenvalue weighted by Crippen LogP contribution is -2.48. The quantitative estimate of drug-likeness (QED) is 0.124. The number of ketones is 4. The first-order valence-electron chi connectivity index (χ1n) is 19.8. The molecule has 12 nitrogen and oxygen atoms in total. The highest BCUT2D eigenvalue weighted by molar-refractivity contribution is 5.95. The zero-order valence-corrected chi connectivity index (χ0v) is 34.7. The number of benzene rings is 3. The van der Waals surface area contributed by atoms with Gasteiger partial charge in [0, 0.05) is 58.2 Å². The predicted molar refractivity (Wildman–Crippen MR) is 220 cm³/mol. The van der Waals surface area contributed by atoms with Crippen LogP contribution in [0.5, 0.6) is 0 Å². The van der Waals surface area contributed by atoms with Crippen LogP contribution in [0.25, 0.3) is 0 Å². The van der Waals surface area contributed by atoms with Gasteiger partial charge in [-0.2, -0.15) is 0 Å². The molecule has 12 heteroatoms. The molecule has 3 rings (SSSR count). The average Bonchev–Trinajstić information content (AvgIpc) is 3.20. The van der Waals surface area contributed by atoms with Crippen LogP contribution in [0.1, 0.15) is 76.6 Å². The van der Waals surface area contributed by atoms with Crippen LogP contribution >= 0.6 is 0 Å². The molecule has 0 aromatic heterocycles. The minimum absolute atomic E-state index is 0.0312. The molecule has 312 valence electrons. The Labute approximate surface area is 342 Å². The highest BCUT2D eigenvalue weighted by Crippen LogP contribution is 2.25. The van der Waals surface area contributed by atoms with Crippen LogP contribution in [0, 0.1) is 17.8 Å². The van der Waals surface area contributed by atoms with E-state index < -0.39 is 72.8 Å². The fourth-order valence-electron chi connectivity index (χ4n) is 6.71. The normalized spacial score (nSPS) is 13.6. The maximum Gasteiger partial charge on any atom is 0.243 e. The van der Waals surface area contributed by atoms with E-state index in [1.54, 1.807) is 13.8 Å². The highest BCUT2D eigenvalue weighted by Gasteiger charge is 2.34. The van der Waals surface area contributed by atoms with Crippen molar-refractivity contribution in [2.75, 3.05) is 39.9 Å². The number of carbonyl (C=O) groups is 7. The molecular weight excluding hydrogens is 739 g/mol. The van der Waals surface area contributed by atoms with Crippen LogP contribution in [-0.4, -0.2) is 107 Å². The van der Waals surface area contributed by atoms with Gasteiger partial charge in [-0.05, 0) is 43.9 Å². The number of hydrogen-bond donors (Lipinski definition) is 1. The summed E-state index contributed by atoms with van der Waals surface area (Å²) >= 11 is 0. The molecule has 0 saturated carbocycles. The van der Waals surface area contributed by atoms with Crippen molar-refractivity contribution < 1.29 is 43.4 Å². The van der Waals surface area contributed by atoms with Gasteiger partial charge >= 0.3 is 0 Å². The Bertz CT molecular complexity index is 1820. The fraction of sp³-hybridized carbons (Fsp3) is 0.457. The second-order valence-corrected chi connectivity index (χ2v) is 15.1. The Kier molecular flexibility index (Phi) is 19.3. The van der Waals surface area contributed by atoms with Crippen molar-refractivity contribution in [3.63, 3.8) is 0 Å². The third kappa shape index (κ3) is 15.2. The third-order valence-corrected chi connectivity index (χ3v) is 10.5. The Morgan fingerprint density at radius 2 is 1.21 bits per heavy atom. The van der Waals surface area contributed by atoms with Gasteiger partial charge in [0.1, 0.15) is 23.9 Å². The van der Waals surface area contributed by atoms with Crippen molar-refractivity contribution in [2.24, 2.45) is 17.8 Å². The molecule has 58 heavy (non-hydrogen) atoms. The zero-order valence-electron chi connectivity index (χ0n) is 34.7. The molecule has 0 saturated heterocycles. The van der Waals surface area contributed by atoms with Gasteiger partial charge in [-0.15, -0.1) is 0 Å². The van der Waals surface area contributed by atoms with Crippen molar-refractivity contribution in [1.82, 2.24) is 14.7 Å². The van der Waals surface area contributed by atoms with E-state index in [0.29, 0.717) is 0 Å². The van der Waals surface area contributed by atoms with Gasteiger partial charge in [0.2, 0.25) is 17.7 Å². The number of rotatable bonds is 25. The highest BCUT2D eigenvalue weighted by atomic mass is 16.5. The smallest absolute Gasteiger partial charge is 0.243 e. The average molecular weight is 798 g/mol. The van der Waals surface area contributed by atoms with Gasteiger partial charge in [0.15, 0.2) is 5.78 Å². The fourth-order valence-corrected chi connectivity index (χ4v) is 6.71. The number of Topliss-reactive ketones (excluding diaryl/α,β-unsaturated/α-hetero) is 4. The number of methoxy groups -OCH3 is 1. The van der Waals surface area contributed by atoms with Crippen molar-refractivity contribution >= 4 is 40.9 Å². The predicted octanol–water partition coefficient (Wildman–Crippen LogP) is 5.06. The Balaban J connectivity index is 1.89. The topological polar surface area (TPSA) is 159 Å². The zero-order chi connectivity index (χ0) is 42.8. The molecule has 0 bridgehead atoms. The maximum atomic E-state index is 14.4. The van der Waals surface area contributed by atoms with E-state index in [1.165, 1.54) is 42.6 Å². The van der Waals surface area contributed by atoms with E-state index in [9.17, 15) is 38.7 Å². The second kappa shape index (κ2) is 23.8. The maximum absolute atomic E-state index is 14.4. The van der Waals surface area contributed by atoms with Gasteiger partial charge in [-0.3, -0.25) is 33.6 Å². The Hall–Kier alpha value is -5.33. The van der Waals surface area contributed by atoms with Gasteiger partial charge in [-0.25, -0.2) is 0 Å². The first kappa shape index (κ1) is 47.0. The van der Waals surface area contributed by atoms with Crippen LogP contribution in [0.2, 0.25) is 0 Å². The number of amides is 3. The summed E-state index contributed by atoms with van der Waals surface area (Å²) in [4.78, 5) is 98.1. The van der Waals surface area contributed by atoms with Gasteiger partial charge in [0.25, 0.3) is 0 Å². The molecule has 0 aliphatic rings. The second-order valence-electron chi connectivity index (χ2n) is 15.1. The van der Waals surface area contributed by atoms with E-state index >= 15 is 0 Å². The summed E-state index contributed by atoms with van der Waals surface area (Å²) in [5.74, 6) is -5.13. The molecule has 5 unspecified atom stereocenters. The number of carbonyl (C=O) groups excluding carboxylic acids is 7. The molecule has 0 heterocycles. The van der Waals surface area contributed by atoms with E-state index in [1.807, 2.05) is 91.0 Å². The summed E-state index contributed by atoms with van der Waals surface area (Å²) in [6.07, 6.45) is -1.64. The first-order valence-corrected chi connectivity index (χ1v) is 19.8. The van der Waals surface area contributed by atoms with Crippen molar-refractivity contribution in [3.05, 3.63) is 108 Å². The molecular formula is C46H59N3O9. The molecule has 5 atom stereocenters. The lowest BCUT2D eigenvalue weighted by Gasteiger charge is -2.33. The summed E-state index contributed by atoms with van der Waals surface area (Å²) in [7, 11) is 1.49. The first-order chi connectivity index (χ1) is 27.6. The largest absolute Gasteiger partial charge is 0.393 e. The van der Waals surface area contributed by atoms with E-state index in [0.717, 1.165) is 16.7 Å². The van der Waals surface area contributed by atoms with Gasteiger partial charge < -0.3 is 24.5 Å². The number of aliphatic hydroxyl groups is 1. The van der Waals surface area contributed by atoms with Crippen LogP contribution in [0.3, 0.4) is 0 Å². The lowest BCUT2D eigenvalue weighted by molar-refractivity contribution is -0.146. The number of ether oxygens (including phenoxy) is 1. The van der Waals surface area contributed by atoms with Crippen LogP contribution in [0.15, 0.2) is 91.0 Å². The summed E-state index contributed by atoms with van der Waals surface area (Å²) in [6.45, 7) is 6.97. The molecule has 0 radical (unpaired) electrons. The third-order valence-electron chi connectivity index (χ3n) is 10.5. The van der Waals surface area contributed by atoms with Crippen LogP contribution in [-0.2, 0) is 51.3 Å². The molecule has 0 aliphatic heterocycles. The molecule has 0 aliphatic carbocycles. The van der Waals surface area contributed by atoms with Crippen LogP contribution < -0.4 is 0 Å². The van der Waals surface area contributed by atoms with Crippen LogP contribution in [0.4, 0.5) is 0 Å². The molecule has 1 N–H and O–H groups in total. The monoisotopic (exact) mass is 797 g/mol. The molecule has 3 aromatic carbocycles. The minimum Gasteiger partial charge on any atom is -0.393 e. The SMILES string of the molecule is COCCN(CC(=O)N(CC(=O)N(CC(=O)CC(C(=O)CC(Cc1ccccc1)C(=O)CC(C)C(C)=O)C(C)O)C(C)c1ccccc1)Cc1ccccc1)C(C)=O. The standard InChI is InChI=1S/C46H59N3O9/c1-32(34(3)50)24-43(54)40(25-37-16-10-7-11-17-37)26-44(55)42(35(4)51)27-41(53)29-49(33(2)39-20-14-9-15-21-39)46(57)31-48(28-38-18-12-8-13-19-38)45(56)30-47(36(5)52)22-23-58-6/h7-21,32-33,35,40,42,51H,22-31H2,1-6H3. The summed E-state index contributed by atoms with van der Waals surface area (Å²) in [6, 6.07) is 26.8.